The third kappa shape index (κ3) is 3.39. The number of nitriles is 1. The van der Waals surface area contributed by atoms with Gasteiger partial charge < -0.3 is 0 Å². The van der Waals surface area contributed by atoms with Crippen LogP contribution >= 0.6 is 39.1 Å². The first-order valence-electron chi connectivity index (χ1n) is 5.43. The van der Waals surface area contributed by atoms with E-state index in [-0.39, 0.29) is 0 Å². The van der Waals surface area contributed by atoms with Crippen LogP contribution in [0.5, 0.6) is 0 Å². The van der Waals surface area contributed by atoms with Gasteiger partial charge in [-0.25, -0.2) is 0 Å². The van der Waals surface area contributed by atoms with E-state index < -0.39 is 0 Å². The van der Waals surface area contributed by atoms with Crippen LogP contribution in [-0.4, -0.2) is 0 Å². The fraction of sp³-hybridized carbons (Fsp3) is 0. The van der Waals surface area contributed by atoms with Gasteiger partial charge in [0.2, 0.25) is 0 Å². The van der Waals surface area contributed by atoms with Crippen molar-refractivity contribution in [2.24, 2.45) is 0 Å². The molecule has 0 bridgehead atoms. The summed E-state index contributed by atoms with van der Waals surface area (Å²) in [5.41, 5.74) is 1.99. The number of halogens is 3. The third-order valence-corrected chi connectivity index (χ3v) is 3.75. The van der Waals surface area contributed by atoms with E-state index in [0.29, 0.717) is 21.2 Å². The van der Waals surface area contributed by atoms with Crippen LogP contribution in [0.25, 0.3) is 11.6 Å². The summed E-state index contributed by atoms with van der Waals surface area (Å²) in [5, 5.41) is 10.3. The Morgan fingerprint density at radius 3 is 2.16 bits per heavy atom. The molecule has 0 unspecified atom stereocenters. The number of rotatable bonds is 2. The summed E-state index contributed by atoms with van der Waals surface area (Å²) in [4.78, 5) is 0. The Kier molecular flexibility index (Phi) is 4.66. The molecule has 0 heterocycles. The fourth-order valence-electron chi connectivity index (χ4n) is 1.60. The van der Waals surface area contributed by atoms with Gasteiger partial charge in [-0.15, -0.1) is 0 Å². The molecule has 19 heavy (non-hydrogen) atoms. The lowest BCUT2D eigenvalue weighted by atomic mass is 10.0. The molecule has 2 rings (SSSR count). The van der Waals surface area contributed by atoms with Crippen LogP contribution in [0.3, 0.4) is 0 Å². The van der Waals surface area contributed by atoms with Crippen LogP contribution in [0, 0.1) is 11.3 Å². The second-order valence-corrected chi connectivity index (χ2v) is 5.54. The summed E-state index contributed by atoms with van der Waals surface area (Å²) in [6, 6.07) is 14.9. The van der Waals surface area contributed by atoms with Crippen LogP contribution in [0.15, 0.2) is 46.9 Å². The third-order valence-electron chi connectivity index (χ3n) is 2.56. The van der Waals surface area contributed by atoms with Crippen molar-refractivity contribution in [1.29, 1.82) is 5.26 Å². The molecule has 0 aliphatic heterocycles. The lowest BCUT2D eigenvalue weighted by Gasteiger charge is -2.04. The Hall–Kier alpha value is -1.27. The molecule has 0 fully saturated rings. The SMILES string of the molecule is N#C/C(=C\c1c(Cl)cccc1Cl)c1ccc(Br)cc1. The molecule has 2 aromatic rings. The molecule has 1 nitrogen and oxygen atoms in total. The van der Waals surface area contributed by atoms with E-state index >= 15 is 0 Å². The van der Waals surface area contributed by atoms with Gasteiger partial charge in [-0.2, -0.15) is 5.26 Å². The van der Waals surface area contributed by atoms with E-state index in [4.69, 9.17) is 23.2 Å². The van der Waals surface area contributed by atoms with E-state index in [1.54, 1.807) is 24.3 Å². The first-order chi connectivity index (χ1) is 9.11. The number of benzene rings is 2. The summed E-state index contributed by atoms with van der Waals surface area (Å²) in [7, 11) is 0. The number of hydrogen-bond donors (Lipinski definition) is 0. The standard InChI is InChI=1S/C15H8BrCl2N/c16-12-6-4-10(5-7-12)11(9-19)8-13-14(17)2-1-3-15(13)18/h1-8H/b11-8+. The minimum Gasteiger partial charge on any atom is -0.192 e. The lowest BCUT2D eigenvalue weighted by Crippen LogP contribution is -1.84. The van der Waals surface area contributed by atoms with Crippen molar-refractivity contribution in [2.75, 3.05) is 0 Å². The van der Waals surface area contributed by atoms with E-state index in [9.17, 15) is 5.26 Å². The summed E-state index contributed by atoms with van der Waals surface area (Å²) >= 11 is 15.6. The first-order valence-corrected chi connectivity index (χ1v) is 6.98. The molecule has 0 aliphatic rings. The highest BCUT2D eigenvalue weighted by molar-refractivity contribution is 9.10. The Labute approximate surface area is 130 Å². The minimum absolute atomic E-state index is 0.516. The average molecular weight is 353 g/mol. The van der Waals surface area contributed by atoms with Crippen molar-refractivity contribution in [3.8, 4) is 6.07 Å². The summed E-state index contributed by atoms with van der Waals surface area (Å²) in [6.45, 7) is 0. The van der Waals surface area contributed by atoms with Crippen LogP contribution in [0.1, 0.15) is 11.1 Å². The van der Waals surface area contributed by atoms with Gasteiger partial charge in [0.25, 0.3) is 0 Å². The van der Waals surface area contributed by atoms with Gasteiger partial charge in [-0.1, -0.05) is 57.3 Å². The van der Waals surface area contributed by atoms with Crippen molar-refractivity contribution in [2.45, 2.75) is 0 Å². The zero-order valence-corrected chi connectivity index (χ0v) is 12.8. The zero-order valence-electron chi connectivity index (χ0n) is 9.70. The highest BCUT2D eigenvalue weighted by Crippen LogP contribution is 2.29. The molecule has 2 aromatic carbocycles. The van der Waals surface area contributed by atoms with Gasteiger partial charge in [-0.3, -0.25) is 0 Å². The van der Waals surface area contributed by atoms with Gasteiger partial charge in [0.15, 0.2) is 0 Å². The average Bonchev–Trinajstić information content (AvgIpc) is 2.40. The van der Waals surface area contributed by atoms with Crippen molar-refractivity contribution in [3.05, 3.63) is 68.1 Å². The number of hydrogen-bond acceptors (Lipinski definition) is 1. The molecule has 0 radical (unpaired) electrons. The van der Waals surface area contributed by atoms with Crippen LogP contribution in [-0.2, 0) is 0 Å². The molecule has 0 saturated carbocycles. The van der Waals surface area contributed by atoms with Gasteiger partial charge in [0, 0.05) is 20.1 Å². The fourth-order valence-corrected chi connectivity index (χ4v) is 2.37. The Morgan fingerprint density at radius 2 is 1.63 bits per heavy atom. The second kappa shape index (κ2) is 6.25. The van der Waals surface area contributed by atoms with E-state index in [0.717, 1.165) is 10.0 Å². The van der Waals surface area contributed by atoms with E-state index in [1.165, 1.54) is 0 Å². The van der Waals surface area contributed by atoms with Crippen LogP contribution in [0.2, 0.25) is 10.0 Å². The number of nitrogens with zero attached hydrogens (tertiary/aromatic N) is 1. The first kappa shape index (κ1) is 14.1. The highest BCUT2D eigenvalue weighted by Gasteiger charge is 2.06. The molecule has 0 saturated heterocycles. The second-order valence-electron chi connectivity index (χ2n) is 3.81. The molecule has 94 valence electrons. The number of allylic oxidation sites excluding steroid dienone is 1. The molecule has 0 aliphatic carbocycles. The van der Waals surface area contributed by atoms with E-state index in [2.05, 4.69) is 22.0 Å². The monoisotopic (exact) mass is 351 g/mol. The van der Waals surface area contributed by atoms with Crippen LogP contribution < -0.4 is 0 Å². The summed E-state index contributed by atoms with van der Waals surface area (Å²) in [5.74, 6) is 0. The maximum Gasteiger partial charge on any atom is 0.0998 e. The Balaban J connectivity index is 2.51. The minimum atomic E-state index is 0.516. The van der Waals surface area contributed by atoms with Crippen molar-refractivity contribution >= 4 is 50.8 Å². The van der Waals surface area contributed by atoms with Gasteiger partial charge >= 0.3 is 0 Å². The molecule has 0 N–H and O–H groups in total. The topological polar surface area (TPSA) is 23.8 Å². The van der Waals surface area contributed by atoms with Crippen LogP contribution in [0.4, 0.5) is 0 Å². The zero-order chi connectivity index (χ0) is 13.8. The van der Waals surface area contributed by atoms with Crippen molar-refractivity contribution < 1.29 is 0 Å². The molecule has 0 spiro atoms. The predicted molar refractivity (Wildman–Crippen MR) is 84.1 cm³/mol. The normalized spacial score (nSPS) is 11.2. The molecule has 0 amide bonds. The summed E-state index contributed by atoms with van der Waals surface area (Å²) < 4.78 is 0.962. The van der Waals surface area contributed by atoms with Gasteiger partial charge in [-0.05, 0) is 35.9 Å². The quantitative estimate of drug-likeness (QED) is 0.493. The largest absolute Gasteiger partial charge is 0.192 e. The molecule has 4 heteroatoms. The molecule has 0 atom stereocenters. The highest BCUT2D eigenvalue weighted by atomic mass is 79.9. The summed E-state index contributed by atoms with van der Waals surface area (Å²) in [6.07, 6.45) is 1.70. The smallest absolute Gasteiger partial charge is 0.0998 e. The molecular formula is C15H8BrCl2N. The Bertz CT molecular complexity index is 649. The van der Waals surface area contributed by atoms with Gasteiger partial charge in [0.05, 0.1) is 11.6 Å². The molecule has 0 aromatic heterocycles. The maximum atomic E-state index is 9.28. The van der Waals surface area contributed by atoms with Gasteiger partial charge in [0.1, 0.15) is 0 Å². The van der Waals surface area contributed by atoms with Crippen molar-refractivity contribution in [3.63, 3.8) is 0 Å². The molecular weight excluding hydrogens is 345 g/mol. The van der Waals surface area contributed by atoms with E-state index in [1.807, 2.05) is 24.3 Å². The lowest BCUT2D eigenvalue weighted by molar-refractivity contribution is 1.52. The van der Waals surface area contributed by atoms with Crippen molar-refractivity contribution in [1.82, 2.24) is 0 Å². The maximum absolute atomic E-state index is 9.28. The Morgan fingerprint density at radius 1 is 1.05 bits per heavy atom. The predicted octanol–water partition coefficient (Wildman–Crippen LogP) is 5.82.